The van der Waals surface area contributed by atoms with Crippen LogP contribution in [0.5, 0.6) is 11.5 Å². The van der Waals surface area contributed by atoms with Crippen molar-refractivity contribution in [2.24, 2.45) is 0 Å². The quantitative estimate of drug-likeness (QED) is 0.208. The van der Waals surface area contributed by atoms with Crippen molar-refractivity contribution >= 4 is 11.9 Å². The van der Waals surface area contributed by atoms with Crippen LogP contribution in [0.3, 0.4) is 0 Å². The van der Waals surface area contributed by atoms with Crippen molar-refractivity contribution in [2.75, 3.05) is 19.8 Å². The summed E-state index contributed by atoms with van der Waals surface area (Å²) < 4.78 is 25.2. The molecular formula is C40H40N2O7. The minimum atomic E-state index is -1.70. The lowest BCUT2D eigenvalue weighted by Gasteiger charge is -2.38. The standard InChI is InChI=1S/C40H40N2O7/c43-37-36(41-39(44)28-15-6-2-7-16-28)31-18-8-9-19-33(31)46-21-10-3-11-22-47-34-20-12-17-29-24-42-25-30(49-40(37)45)23-32(42)38(35(29)34)48-26-27-13-4-1-5-14-27/h1-9,11-20,30,32,36-38,43H,10,21-26H2,(H,41,44)/b11-3+/t30-,32-,36-,37+,38+/m0/s1. The number of aliphatic hydroxyl groups excluding tert-OH is 1. The summed E-state index contributed by atoms with van der Waals surface area (Å²) in [5.41, 5.74) is 4.05. The highest BCUT2D eigenvalue weighted by Crippen LogP contribution is 2.45. The van der Waals surface area contributed by atoms with Gasteiger partial charge in [-0.3, -0.25) is 9.69 Å². The smallest absolute Gasteiger partial charge is 0.337 e. The second kappa shape index (κ2) is 15.1. The molecule has 49 heavy (non-hydrogen) atoms. The lowest BCUT2D eigenvalue weighted by atomic mass is 9.90. The number of carbonyl (C=O) groups is 2. The number of fused-ring (bicyclic) bond motifs is 2. The third kappa shape index (κ3) is 7.39. The lowest BCUT2D eigenvalue weighted by Crippen LogP contribution is -2.42. The zero-order chi connectivity index (χ0) is 33.6. The predicted octanol–water partition coefficient (Wildman–Crippen LogP) is 5.69. The van der Waals surface area contributed by atoms with Crippen LogP contribution in [0.4, 0.5) is 0 Å². The summed E-state index contributed by atoms with van der Waals surface area (Å²) >= 11 is 0. The fourth-order valence-electron chi connectivity index (χ4n) is 6.95. The number of aliphatic hydroxyl groups is 1. The van der Waals surface area contributed by atoms with Crippen LogP contribution in [-0.4, -0.2) is 59.9 Å². The van der Waals surface area contributed by atoms with Gasteiger partial charge in [0.25, 0.3) is 5.91 Å². The summed E-state index contributed by atoms with van der Waals surface area (Å²) in [7, 11) is 0. The summed E-state index contributed by atoms with van der Waals surface area (Å²) in [5, 5.41) is 14.5. The van der Waals surface area contributed by atoms with Gasteiger partial charge in [-0.1, -0.05) is 91.0 Å². The summed E-state index contributed by atoms with van der Waals surface area (Å²) in [4.78, 5) is 29.4. The van der Waals surface area contributed by atoms with Gasteiger partial charge in [0, 0.05) is 42.2 Å². The van der Waals surface area contributed by atoms with E-state index in [-0.39, 0.29) is 12.1 Å². The molecule has 3 bridgehead atoms. The fraction of sp³-hybridized carbons (Fsp3) is 0.300. The maximum Gasteiger partial charge on any atom is 0.337 e. The largest absolute Gasteiger partial charge is 0.493 e. The Morgan fingerprint density at radius 1 is 0.878 bits per heavy atom. The van der Waals surface area contributed by atoms with Crippen LogP contribution >= 0.6 is 0 Å². The number of nitrogens with one attached hydrogen (secondary N) is 1. The van der Waals surface area contributed by atoms with Gasteiger partial charge >= 0.3 is 5.97 Å². The van der Waals surface area contributed by atoms with Crippen LogP contribution in [0.15, 0.2) is 115 Å². The van der Waals surface area contributed by atoms with Gasteiger partial charge < -0.3 is 29.4 Å². The number of ether oxygens (including phenoxy) is 4. The number of para-hydroxylation sites is 1. The van der Waals surface area contributed by atoms with Gasteiger partial charge in [-0.2, -0.15) is 0 Å². The van der Waals surface area contributed by atoms with E-state index in [1.165, 1.54) is 0 Å². The van der Waals surface area contributed by atoms with Gasteiger partial charge in [0.05, 0.1) is 19.3 Å². The van der Waals surface area contributed by atoms with Gasteiger partial charge in [-0.05, 0) is 41.8 Å². The summed E-state index contributed by atoms with van der Waals surface area (Å²) in [5.74, 6) is -0.0202. The molecule has 5 atom stereocenters. The SMILES string of the molecule is O=C(N[C@H]1c2ccccc2OCC/C=C/COc2cccc3c2[C@H](OCc2ccccc2)[C@@H]2C[C@@H](CN2C3)OC(=O)[C@@H]1O)c1ccccc1. The van der Waals surface area contributed by atoms with E-state index < -0.39 is 30.1 Å². The highest BCUT2D eigenvalue weighted by molar-refractivity contribution is 5.95. The van der Waals surface area contributed by atoms with E-state index in [4.69, 9.17) is 18.9 Å². The van der Waals surface area contributed by atoms with Crippen molar-refractivity contribution < 1.29 is 33.6 Å². The molecule has 0 spiro atoms. The zero-order valence-electron chi connectivity index (χ0n) is 27.2. The van der Waals surface area contributed by atoms with Crippen molar-refractivity contribution in [3.63, 3.8) is 0 Å². The number of rotatable bonds is 5. The van der Waals surface area contributed by atoms with E-state index in [9.17, 15) is 14.7 Å². The Bertz CT molecular complexity index is 1780. The maximum absolute atomic E-state index is 13.8. The number of amides is 1. The van der Waals surface area contributed by atoms with Crippen LogP contribution < -0.4 is 14.8 Å². The van der Waals surface area contributed by atoms with Crippen molar-refractivity contribution in [1.29, 1.82) is 0 Å². The van der Waals surface area contributed by atoms with Crippen molar-refractivity contribution in [1.82, 2.24) is 10.2 Å². The number of nitrogens with zero attached hydrogens (tertiary/aromatic N) is 1. The molecule has 9 heteroatoms. The normalized spacial score (nSPS) is 24.6. The fourth-order valence-corrected chi connectivity index (χ4v) is 6.95. The van der Waals surface area contributed by atoms with E-state index in [1.807, 2.05) is 66.7 Å². The highest BCUT2D eigenvalue weighted by Gasteiger charge is 2.46. The number of esters is 1. The Kier molecular flexibility index (Phi) is 10.0. The van der Waals surface area contributed by atoms with Crippen LogP contribution in [0.2, 0.25) is 0 Å². The van der Waals surface area contributed by atoms with Gasteiger partial charge in [-0.25, -0.2) is 4.79 Å². The topological polar surface area (TPSA) is 107 Å². The molecule has 9 nitrogen and oxygen atoms in total. The second-order valence-electron chi connectivity index (χ2n) is 12.6. The van der Waals surface area contributed by atoms with Crippen LogP contribution in [-0.2, 0) is 27.4 Å². The monoisotopic (exact) mass is 660 g/mol. The van der Waals surface area contributed by atoms with Crippen LogP contribution in [0.1, 0.15) is 57.6 Å². The number of benzene rings is 4. The molecule has 1 amide bonds. The molecule has 3 heterocycles. The molecule has 1 fully saturated rings. The molecule has 252 valence electrons. The zero-order valence-corrected chi connectivity index (χ0v) is 27.2. The van der Waals surface area contributed by atoms with Gasteiger partial charge in [0.2, 0.25) is 0 Å². The van der Waals surface area contributed by atoms with E-state index in [0.717, 1.165) is 22.4 Å². The Labute approximate surface area is 286 Å². The van der Waals surface area contributed by atoms with E-state index in [0.29, 0.717) is 62.6 Å². The molecule has 4 aromatic carbocycles. The Hall–Kier alpha value is -4.96. The molecule has 3 aliphatic rings. The molecule has 4 aromatic rings. The average Bonchev–Trinajstić information content (AvgIpc) is 3.54. The Morgan fingerprint density at radius 3 is 2.47 bits per heavy atom. The lowest BCUT2D eigenvalue weighted by molar-refractivity contribution is -0.160. The van der Waals surface area contributed by atoms with E-state index in [2.05, 4.69) is 16.3 Å². The summed E-state index contributed by atoms with van der Waals surface area (Å²) in [6.07, 6.45) is 2.54. The highest BCUT2D eigenvalue weighted by atomic mass is 16.6. The van der Waals surface area contributed by atoms with Crippen molar-refractivity contribution in [2.45, 2.75) is 56.4 Å². The first kappa shape index (κ1) is 32.6. The van der Waals surface area contributed by atoms with Crippen molar-refractivity contribution in [3.05, 3.63) is 143 Å². The molecule has 0 aromatic heterocycles. The Morgan fingerprint density at radius 2 is 1.63 bits per heavy atom. The molecule has 1 saturated heterocycles. The van der Waals surface area contributed by atoms with Crippen LogP contribution in [0, 0.1) is 0 Å². The number of hydrogen-bond acceptors (Lipinski definition) is 8. The second-order valence-corrected chi connectivity index (χ2v) is 12.6. The molecule has 0 radical (unpaired) electrons. The predicted molar refractivity (Wildman–Crippen MR) is 183 cm³/mol. The van der Waals surface area contributed by atoms with Gasteiger partial charge in [0.15, 0.2) is 6.10 Å². The summed E-state index contributed by atoms with van der Waals surface area (Å²) in [6, 6.07) is 30.7. The molecule has 7 rings (SSSR count). The first-order chi connectivity index (χ1) is 24.0. The minimum Gasteiger partial charge on any atom is -0.493 e. The van der Waals surface area contributed by atoms with Gasteiger partial charge in [-0.15, -0.1) is 0 Å². The first-order valence-corrected chi connectivity index (χ1v) is 16.8. The molecule has 2 N–H and O–H groups in total. The molecule has 3 aliphatic heterocycles. The number of hydrogen-bond donors (Lipinski definition) is 2. The first-order valence-electron chi connectivity index (χ1n) is 16.8. The molecule has 0 aliphatic carbocycles. The van der Waals surface area contributed by atoms with E-state index >= 15 is 0 Å². The van der Waals surface area contributed by atoms with E-state index in [1.54, 1.807) is 42.5 Å². The summed E-state index contributed by atoms with van der Waals surface area (Å²) in [6.45, 7) is 2.25. The molecular weight excluding hydrogens is 620 g/mol. The molecule has 0 unspecified atom stereocenters. The van der Waals surface area contributed by atoms with Crippen LogP contribution in [0.25, 0.3) is 0 Å². The third-order valence-corrected chi connectivity index (χ3v) is 9.31. The maximum atomic E-state index is 13.8. The van der Waals surface area contributed by atoms with Gasteiger partial charge in [0.1, 0.15) is 30.3 Å². The number of carbonyl (C=O) groups excluding carboxylic acids is 2. The average molecular weight is 661 g/mol. The third-order valence-electron chi connectivity index (χ3n) is 9.31. The van der Waals surface area contributed by atoms with Crippen molar-refractivity contribution in [3.8, 4) is 11.5 Å². The minimum absolute atomic E-state index is 0.0868. The Balaban J connectivity index is 1.20. The molecule has 0 saturated carbocycles.